The van der Waals surface area contributed by atoms with E-state index in [-0.39, 0.29) is 17.3 Å². The molecule has 0 radical (unpaired) electrons. The molecule has 0 amide bonds. The van der Waals surface area contributed by atoms with Gasteiger partial charge in [0.05, 0.1) is 6.33 Å². The molecule has 1 aromatic heterocycles. The van der Waals surface area contributed by atoms with Crippen molar-refractivity contribution in [3.05, 3.63) is 16.7 Å². The van der Waals surface area contributed by atoms with Crippen molar-refractivity contribution in [2.75, 3.05) is 30.7 Å². The number of aromatic nitrogens is 2. The van der Waals surface area contributed by atoms with Crippen LogP contribution in [0.2, 0.25) is 0 Å². The van der Waals surface area contributed by atoms with E-state index in [1.54, 1.807) is 0 Å². The molecular formula is C11H21N5O. The van der Waals surface area contributed by atoms with Crippen LogP contribution in [0.3, 0.4) is 0 Å². The highest BCUT2D eigenvalue weighted by Crippen LogP contribution is 2.09. The smallest absolute Gasteiger partial charge is 0.276 e. The molecule has 0 saturated heterocycles. The monoisotopic (exact) mass is 239 g/mol. The number of rotatable bonds is 6. The maximum Gasteiger partial charge on any atom is 0.276 e. The first kappa shape index (κ1) is 13.5. The molecule has 1 unspecified atom stereocenters. The van der Waals surface area contributed by atoms with Gasteiger partial charge in [0.25, 0.3) is 5.56 Å². The van der Waals surface area contributed by atoms with Gasteiger partial charge in [-0.1, -0.05) is 13.8 Å². The second kappa shape index (κ2) is 6.24. The molecule has 1 atom stereocenters. The van der Waals surface area contributed by atoms with Gasteiger partial charge in [0.2, 0.25) is 0 Å². The number of nitrogens with zero attached hydrogens (tertiary/aromatic N) is 2. The molecule has 6 heteroatoms. The Bertz CT molecular complexity index is 399. The second-order valence-electron chi connectivity index (χ2n) is 4.03. The summed E-state index contributed by atoms with van der Waals surface area (Å²) in [7, 11) is 0. The Morgan fingerprint density at radius 3 is 2.76 bits per heavy atom. The van der Waals surface area contributed by atoms with E-state index < -0.39 is 0 Å². The summed E-state index contributed by atoms with van der Waals surface area (Å²) in [6, 6.07) is 0.187. The maximum absolute atomic E-state index is 11.3. The van der Waals surface area contributed by atoms with Crippen molar-refractivity contribution in [1.82, 2.24) is 14.9 Å². The summed E-state index contributed by atoms with van der Waals surface area (Å²) >= 11 is 0. The van der Waals surface area contributed by atoms with Crippen LogP contribution in [-0.4, -0.2) is 40.5 Å². The fourth-order valence-corrected chi connectivity index (χ4v) is 1.67. The fraction of sp³-hybridized carbons (Fsp3) is 0.636. The molecule has 6 nitrogen and oxygen atoms in total. The van der Waals surface area contributed by atoms with Crippen LogP contribution in [0.1, 0.15) is 20.8 Å². The van der Waals surface area contributed by atoms with E-state index in [1.807, 2.05) is 6.92 Å². The van der Waals surface area contributed by atoms with E-state index in [9.17, 15) is 4.79 Å². The zero-order chi connectivity index (χ0) is 12.8. The predicted octanol–water partition coefficient (Wildman–Crippen LogP) is 0.494. The summed E-state index contributed by atoms with van der Waals surface area (Å²) in [4.78, 5) is 20.0. The molecule has 0 aliphatic heterocycles. The van der Waals surface area contributed by atoms with Gasteiger partial charge >= 0.3 is 0 Å². The largest absolute Gasteiger partial charge is 0.391 e. The van der Waals surface area contributed by atoms with E-state index >= 15 is 0 Å². The molecule has 96 valence electrons. The minimum absolute atomic E-state index is 0.138. The molecule has 0 bridgehead atoms. The molecule has 0 aliphatic rings. The van der Waals surface area contributed by atoms with Gasteiger partial charge in [0.1, 0.15) is 5.69 Å². The molecule has 1 heterocycles. The molecule has 0 aliphatic carbocycles. The van der Waals surface area contributed by atoms with E-state index in [0.29, 0.717) is 5.82 Å². The summed E-state index contributed by atoms with van der Waals surface area (Å²) in [5, 5.41) is 3.15. The van der Waals surface area contributed by atoms with Gasteiger partial charge in [-0.05, 0) is 20.0 Å². The average Bonchev–Trinajstić information content (AvgIpc) is 2.32. The molecule has 1 rings (SSSR count). The first-order valence-corrected chi connectivity index (χ1v) is 5.90. The van der Waals surface area contributed by atoms with Crippen LogP contribution in [0.25, 0.3) is 0 Å². The van der Waals surface area contributed by atoms with Gasteiger partial charge in [-0.25, -0.2) is 4.98 Å². The molecule has 17 heavy (non-hydrogen) atoms. The van der Waals surface area contributed by atoms with Crippen LogP contribution in [0.15, 0.2) is 11.1 Å². The molecule has 0 spiro atoms. The summed E-state index contributed by atoms with van der Waals surface area (Å²) < 4.78 is 0. The Morgan fingerprint density at radius 1 is 1.53 bits per heavy atom. The number of anilines is 2. The van der Waals surface area contributed by atoms with Crippen LogP contribution in [0.5, 0.6) is 0 Å². The van der Waals surface area contributed by atoms with Crippen LogP contribution in [0.4, 0.5) is 11.5 Å². The van der Waals surface area contributed by atoms with Crippen molar-refractivity contribution in [3.8, 4) is 0 Å². The minimum Gasteiger partial charge on any atom is -0.391 e. The fourth-order valence-electron chi connectivity index (χ4n) is 1.67. The summed E-state index contributed by atoms with van der Waals surface area (Å²) in [6.07, 6.45) is 1.35. The Hall–Kier alpha value is -1.56. The van der Waals surface area contributed by atoms with Gasteiger partial charge in [0.15, 0.2) is 5.82 Å². The number of hydrogen-bond acceptors (Lipinski definition) is 5. The van der Waals surface area contributed by atoms with Gasteiger partial charge in [0, 0.05) is 12.6 Å². The van der Waals surface area contributed by atoms with E-state index in [4.69, 9.17) is 5.73 Å². The number of nitrogens with one attached hydrogen (secondary N) is 2. The molecule has 0 aromatic carbocycles. The topological polar surface area (TPSA) is 87.0 Å². The van der Waals surface area contributed by atoms with Crippen molar-refractivity contribution >= 4 is 11.5 Å². The molecule has 0 saturated carbocycles. The highest BCUT2D eigenvalue weighted by Gasteiger charge is 2.10. The Kier molecular flexibility index (Phi) is 4.96. The van der Waals surface area contributed by atoms with Crippen LogP contribution in [-0.2, 0) is 0 Å². The van der Waals surface area contributed by atoms with E-state index in [0.717, 1.165) is 19.6 Å². The predicted molar refractivity (Wildman–Crippen MR) is 70.1 cm³/mol. The van der Waals surface area contributed by atoms with E-state index in [1.165, 1.54) is 6.33 Å². The van der Waals surface area contributed by atoms with Crippen molar-refractivity contribution in [2.24, 2.45) is 0 Å². The quantitative estimate of drug-likeness (QED) is 0.672. The Balaban J connectivity index is 2.65. The van der Waals surface area contributed by atoms with Gasteiger partial charge in [-0.2, -0.15) is 0 Å². The minimum atomic E-state index is -0.308. The zero-order valence-corrected chi connectivity index (χ0v) is 10.7. The van der Waals surface area contributed by atoms with Gasteiger partial charge in [-0.15, -0.1) is 0 Å². The van der Waals surface area contributed by atoms with Crippen LogP contribution >= 0.6 is 0 Å². The number of nitrogens with two attached hydrogens (primary N) is 1. The SMILES string of the molecule is CCN(CC)CC(C)Nc1nc[nH]c(=O)c1N. The summed E-state index contributed by atoms with van der Waals surface area (Å²) in [6.45, 7) is 9.18. The first-order valence-electron chi connectivity index (χ1n) is 5.90. The van der Waals surface area contributed by atoms with Gasteiger partial charge < -0.3 is 20.9 Å². The third kappa shape index (κ3) is 3.74. The lowest BCUT2D eigenvalue weighted by Gasteiger charge is -2.23. The summed E-state index contributed by atoms with van der Waals surface area (Å²) in [5.74, 6) is 0.452. The van der Waals surface area contributed by atoms with Crippen LogP contribution in [0, 0.1) is 0 Å². The number of likely N-dealkylation sites (N-methyl/N-ethyl adjacent to an activating group) is 1. The average molecular weight is 239 g/mol. The van der Waals surface area contributed by atoms with Crippen molar-refractivity contribution in [1.29, 1.82) is 0 Å². The van der Waals surface area contributed by atoms with Crippen LogP contribution < -0.4 is 16.6 Å². The lowest BCUT2D eigenvalue weighted by molar-refractivity contribution is 0.294. The molecule has 0 fully saturated rings. The lowest BCUT2D eigenvalue weighted by Crippen LogP contribution is -2.35. The highest BCUT2D eigenvalue weighted by molar-refractivity contribution is 5.59. The second-order valence-corrected chi connectivity index (χ2v) is 4.03. The Morgan fingerprint density at radius 2 is 2.18 bits per heavy atom. The molecular weight excluding hydrogens is 218 g/mol. The number of aromatic amines is 1. The highest BCUT2D eigenvalue weighted by atomic mass is 16.1. The zero-order valence-electron chi connectivity index (χ0n) is 10.7. The van der Waals surface area contributed by atoms with Crippen molar-refractivity contribution in [3.63, 3.8) is 0 Å². The maximum atomic E-state index is 11.3. The number of H-pyrrole nitrogens is 1. The van der Waals surface area contributed by atoms with Gasteiger partial charge in [-0.3, -0.25) is 4.79 Å². The molecule has 4 N–H and O–H groups in total. The number of hydrogen-bond donors (Lipinski definition) is 3. The normalized spacial score (nSPS) is 12.7. The van der Waals surface area contributed by atoms with Crippen molar-refractivity contribution in [2.45, 2.75) is 26.8 Å². The lowest BCUT2D eigenvalue weighted by atomic mass is 10.3. The first-order chi connectivity index (χ1) is 8.08. The third-order valence-corrected chi connectivity index (χ3v) is 2.70. The standard InChI is InChI=1S/C11H21N5O/c1-4-16(5-2)6-8(3)15-10-9(12)11(17)14-7-13-10/h7-8H,4-6,12H2,1-3H3,(H2,13,14,15,17). The molecule has 1 aromatic rings. The summed E-state index contributed by atoms with van der Waals surface area (Å²) in [5.41, 5.74) is 5.47. The third-order valence-electron chi connectivity index (χ3n) is 2.70. The van der Waals surface area contributed by atoms with E-state index in [2.05, 4.69) is 34.0 Å². The van der Waals surface area contributed by atoms with Crippen molar-refractivity contribution < 1.29 is 0 Å². The number of nitrogen functional groups attached to an aromatic ring is 1. The Labute approximate surface area is 101 Å².